The van der Waals surface area contributed by atoms with Crippen molar-refractivity contribution in [1.29, 1.82) is 0 Å². The molecular formula is C15H16Cl2O4S. The van der Waals surface area contributed by atoms with Gasteiger partial charge < -0.3 is 9.84 Å². The van der Waals surface area contributed by atoms with Crippen molar-refractivity contribution in [2.45, 2.75) is 31.3 Å². The van der Waals surface area contributed by atoms with E-state index in [1.54, 1.807) is 32.9 Å². The van der Waals surface area contributed by atoms with Crippen molar-refractivity contribution in [3.8, 4) is 0 Å². The summed E-state index contributed by atoms with van der Waals surface area (Å²) in [6.45, 7) is 5.32. The summed E-state index contributed by atoms with van der Waals surface area (Å²) in [7, 11) is 0. The highest BCUT2D eigenvalue weighted by atomic mass is 35.5. The Morgan fingerprint density at radius 2 is 1.91 bits per heavy atom. The molecule has 4 nitrogen and oxygen atoms in total. The molecule has 0 radical (unpaired) electrons. The first-order valence-electron chi connectivity index (χ1n) is 6.33. The molecule has 0 atom stereocenters. The Balaban J connectivity index is 2.87. The van der Waals surface area contributed by atoms with E-state index in [4.69, 9.17) is 33.0 Å². The van der Waals surface area contributed by atoms with Gasteiger partial charge in [0.15, 0.2) is 0 Å². The van der Waals surface area contributed by atoms with Gasteiger partial charge in [0, 0.05) is 16.0 Å². The van der Waals surface area contributed by atoms with E-state index in [-0.39, 0.29) is 5.75 Å². The topological polar surface area (TPSA) is 63.6 Å². The number of halogens is 2. The number of thioether (sulfide) groups is 1. The van der Waals surface area contributed by atoms with Crippen LogP contribution in [-0.2, 0) is 14.3 Å². The molecule has 0 aliphatic rings. The zero-order valence-electron chi connectivity index (χ0n) is 12.4. The minimum atomic E-state index is -0.939. The smallest absolute Gasteiger partial charge is 0.331 e. The van der Waals surface area contributed by atoms with Crippen molar-refractivity contribution < 1.29 is 19.4 Å². The highest BCUT2D eigenvalue weighted by Crippen LogP contribution is 2.33. The highest BCUT2D eigenvalue weighted by molar-refractivity contribution is 8.00. The first kappa shape index (κ1) is 18.9. The van der Waals surface area contributed by atoms with Crippen LogP contribution in [0.2, 0.25) is 10.0 Å². The number of carbonyl (C=O) groups excluding carboxylic acids is 1. The van der Waals surface area contributed by atoms with Gasteiger partial charge in [-0.1, -0.05) is 23.2 Å². The van der Waals surface area contributed by atoms with Gasteiger partial charge in [0.25, 0.3) is 0 Å². The molecule has 0 aliphatic carbocycles. The zero-order chi connectivity index (χ0) is 16.9. The molecule has 7 heteroatoms. The van der Waals surface area contributed by atoms with E-state index in [1.807, 2.05) is 0 Å². The van der Waals surface area contributed by atoms with Crippen molar-refractivity contribution in [1.82, 2.24) is 0 Å². The molecule has 0 spiro atoms. The van der Waals surface area contributed by atoms with Crippen LogP contribution in [0.25, 0.3) is 6.08 Å². The second kappa shape index (κ2) is 7.90. The first-order chi connectivity index (χ1) is 10.1. The first-order valence-corrected chi connectivity index (χ1v) is 8.07. The molecule has 0 saturated heterocycles. The van der Waals surface area contributed by atoms with E-state index in [2.05, 4.69) is 0 Å². The van der Waals surface area contributed by atoms with Gasteiger partial charge >= 0.3 is 11.9 Å². The number of hydrogen-bond acceptors (Lipinski definition) is 4. The SMILES string of the molecule is CC(C)(C)OC(=O)/C=C/c1cc(Cl)c(SCC(=O)O)cc1Cl. The van der Waals surface area contributed by atoms with Crippen molar-refractivity contribution in [2.24, 2.45) is 0 Å². The average molecular weight is 363 g/mol. The Morgan fingerprint density at radius 1 is 1.27 bits per heavy atom. The molecule has 1 aromatic rings. The molecule has 120 valence electrons. The van der Waals surface area contributed by atoms with Gasteiger partial charge in [0.05, 0.1) is 10.8 Å². The van der Waals surface area contributed by atoms with Crippen LogP contribution in [0.15, 0.2) is 23.1 Å². The van der Waals surface area contributed by atoms with Gasteiger partial charge in [-0.15, -0.1) is 11.8 Å². The number of benzene rings is 1. The molecule has 0 aliphatic heterocycles. The third-order valence-corrected chi connectivity index (χ3v) is 4.00. The summed E-state index contributed by atoms with van der Waals surface area (Å²) in [4.78, 5) is 22.8. The molecule has 1 N–H and O–H groups in total. The lowest BCUT2D eigenvalue weighted by atomic mass is 10.2. The normalized spacial score (nSPS) is 11.7. The molecule has 0 amide bonds. The predicted octanol–water partition coefficient (Wildman–Crippen LogP) is 4.53. The van der Waals surface area contributed by atoms with Gasteiger partial charge in [-0.25, -0.2) is 4.79 Å². The molecule has 0 fully saturated rings. The van der Waals surface area contributed by atoms with E-state index in [9.17, 15) is 9.59 Å². The van der Waals surface area contributed by atoms with Crippen LogP contribution in [0.1, 0.15) is 26.3 Å². The van der Waals surface area contributed by atoms with Gasteiger partial charge in [0.1, 0.15) is 5.60 Å². The second-order valence-electron chi connectivity index (χ2n) is 5.35. The Bertz CT molecular complexity index is 606. The maximum atomic E-state index is 11.6. The summed E-state index contributed by atoms with van der Waals surface area (Å²) in [6, 6.07) is 3.15. The third kappa shape index (κ3) is 6.73. The highest BCUT2D eigenvalue weighted by Gasteiger charge is 2.14. The summed E-state index contributed by atoms with van der Waals surface area (Å²) in [5.74, 6) is -1.53. The van der Waals surface area contributed by atoms with Crippen LogP contribution in [0, 0.1) is 0 Å². The number of carboxylic acids is 1. The Labute approximate surface area is 143 Å². The quantitative estimate of drug-likeness (QED) is 0.473. The Hall–Kier alpha value is -1.17. The monoisotopic (exact) mass is 362 g/mol. The van der Waals surface area contributed by atoms with E-state index in [0.29, 0.717) is 20.5 Å². The van der Waals surface area contributed by atoms with Crippen molar-refractivity contribution in [2.75, 3.05) is 5.75 Å². The lowest BCUT2D eigenvalue weighted by molar-refractivity contribution is -0.148. The average Bonchev–Trinajstić information content (AvgIpc) is 2.35. The van der Waals surface area contributed by atoms with Gasteiger partial charge in [-0.3, -0.25) is 4.79 Å². The van der Waals surface area contributed by atoms with Crippen molar-refractivity contribution >= 4 is 53.0 Å². The number of esters is 1. The number of ether oxygens (including phenoxy) is 1. The fourth-order valence-corrected chi connectivity index (χ4v) is 2.72. The Morgan fingerprint density at radius 3 is 2.45 bits per heavy atom. The number of aliphatic carboxylic acids is 1. The zero-order valence-corrected chi connectivity index (χ0v) is 14.7. The van der Waals surface area contributed by atoms with E-state index in [1.165, 1.54) is 12.2 Å². The van der Waals surface area contributed by atoms with Crippen LogP contribution in [0.4, 0.5) is 0 Å². The van der Waals surface area contributed by atoms with E-state index >= 15 is 0 Å². The summed E-state index contributed by atoms with van der Waals surface area (Å²) in [5.41, 5.74) is -0.0163. The summed E-state index contributed by atoms with van der Waals surface area (Å²) in [5, 5.41) is 9.42. The standard InChI is InChI=1S/C15H16Cl2O4S/c1-15(2,3)21-14(20)5-4-9-6-11(17)12(7-10(9)16)22-8-13(18)19/h4-7H,8H2,1-3H3,(H,18,19)/b5-4+. The van der Waals surface area contributed by atoms with Crippen molar-refractivity contribution in [3.05, 3.63) is 33.8 Å². The number of hydrogen-bond donors (Lipinski definition) is 1. The van der Waals surface area contributed by atoms with Gasteiger partial charge in [0.2, 0.25) is 0 Å². The number of rotatable bonds is 5. The van der Waals surface area contributed by atoms with Crippen LogP contribution in [-0.4, -0.2) is 28.4 Å². The molecular weight excluding hydrogens is 347 g/mol. The lowest BCUT2D eigenvalue weighted by Crippen LogP contribution is -2.22. The number of carbonyl (C=O) groups is 2. The van der Waals surface area contributed by atoms with E-state index in [0.717, 1.165) is 11.8 Å². The summed E-state index contributed by atoms with van der Waals surface area (Å²) >= 11 is 13.3. The lowest BCUT2D eigenvalue weighted by Gasteiger charge is -2.17. The van der Waals surface area contributed by atoms with Crippen LogP contribution in [0.5, 0.6) is 0 Å². The van der Waals surface area contributed by atoms with Crippen LogP contribution >= 0.6 is 35.0 Å². The van der Waals surface area contributed by atoms with Gasteiger partial charge in [-0.05, 0) is 44.5 Å². The third-order valence-electron chi connectivity index (χ3n) is 2.21. The molecule has 1 rings (SSSR count). The fraction of sp³-hybridized carbons (Fsp3) is 0.333. The molecule has 0 heterocycles. The minimum Gasteiger partial charge on any atom is -0.481 e. The fourth-order valence-electron chi connectivity index (χ4n) is 1.42. The Kier molecular flexibility index (Phi) is 6.78. The van der Waals surface area contributed by atoms with Crippen molar-refractivity contribution in [3.63, 3.8) is 0 Å². The molecule has 0 saturated carbocycles. The molecule has 22 heavy (non-hydrogen) atoms. The number of carboxylic acid groups (broad SMARTS) is 1. The van der Waals surface area contributed by atoms with Crippen LogP contribution in [0.3, 0.4) is 0 Å². The molecule has 1 aromatic carbocycles. The summed E-state index contributed by atoms with van der Waals surface area (Å²) < 4.78 is 5.15. The maximum absolute atomic E-state index is 11.6. The van der Waals surface area contributed by atoms with Gasteiger partial charge in [-0.2, -0.15) is 0 Å². The largest absolute Gasteiger partial charge is 0.481 e. The second-order valence-corrected chi connectivity index (χ2v) is 7.18. The molecule has 0 unspecified atom stereocenters. The predicted molar refractivity (Wildman–Crippen MR) is 89.7 cm³/mol. The maximum Gasteiger partial charge on any atom is 0.331 e. The molecule has 0 bridgehead atoms. The molecule has 0 aromatic heterocycles. The van der Waals surface area contributed by atoms with E-state index < -0.39 is 17.5 Å². The summed E-state index contributed by atoms with van der Waals surface area (Å²) in [6.07, 6.45) is 2.78. The van der Waals surface area contributed by atoms with Crippen LogP contribution < -0.4 is 0 Å². The minimum absolute atomic E-state index is 0.108.